The SMILES string of the molecule is Cc1ccc(Cl)c(NCC2CCCCO2)c1. The van der Waals surface area contributed by atoms with Gasteiger partial charge in [0.05, 0.1) is 16.8 Å². The molecule has 1 unspecified atom stereocenters. The average molecular weight is 240 g/mol. The lowest BCUT2D eigenvalue weighted by Crippen LogP contribution is -2.27. The minimum absolute atomic E-state index is 0.338. The van der Waals surface area contributed by atoms with Crippen molar-refractivity contribution in [2.75, 3.05) is 18.5 Å². The number of benzene rings is 1. The Labute approximate surface area is 102 Å². The van der Waals surface area contributed by atoms with E-state index in [1.54, 1.807) is 0 Å². The Balaban J connectivity index is 1.90. The van der Waals surface area contributed by atoms with Crippen LogP contribution in [0.25, 0.3) is 0 Å². The van der Waals surface area contributed by atoms with Gasteiger partial charge in [-0.15, -0.1) is 0 Å². The molecule has 1 aliphatic heterocycles. The van der Waals surface area contributed by atoms with Gasteiger partial charge in [0, 0.05) is 13.2 Å². The van der Waals surface area contributed by atoms with Crippen molar-refractivity contribution in [3.63, 3.8) is 0 Å². The van der Waals surface area contributed by atoms with Gasteiger partial charge in [-0.1, -0.05) is 17.7 Å². The second-order valence-electron chi connectivity index (χ2n) is 4.35. The van der Waals surface area contributed by atoms with Crippen LogP contribution in [0.4, 0.5) is 5.69 Å². The molecule has 1 aromatic rings. The van der Waals surface area contributed by atoms with Crippen molar-refractivity contribution in [2.45, 2.75) is 32.3 Å². The second kappa shape index (κ2) is 5.55. The van der Waals surface area contributed by atoms with Gasteiger partial charge in [-0.3, -0.25) is 0 Å². The molecule has 0 spiro atoms. The quantitative estimate of drug-likeness (QED) is 0.870. The highest BCUT2D eigenvalue weighted by Gasteiger charge is 2.13. The third kappa shape index (κ3) is 3.13. The lowest BCUT2D eigenvalue weighted by Gasteiger charge is -2.23. The summed E-state index contributed by atoms with van der Waals surface area (Å²) in [6.07, 6.45) is 3.96. The normalized spacial score (nSPS) is 20.8. The Hall–Kier alpha value is -0.730. The minimum atomic E-state index is 0.338. The molecular weight excluding hydrogens is 222 g/mol. The first-order chi connectivity index (χ1) is 7.75. The van der Waals surface area contributed by atoms with E-state index in [2.05, 4.69) is 18.3 Å². The third-order valence-electron chi connectivity index (χ3n) is 2.92. The number of rotatable bonds is 3. The number of hydrogen-bond donors (Lipinski definition) is 1. The van der Waals surface area contributed by atoms with Crippen LogP contribution in [0.1, 0.15) is 24.8 Å². The first kappa shape index (κ1) is 11.7. The van der Waals surface area contributed by atoms with Crippen LogP contribution in [-0.2, 0) is 4.74 Å². The Kier molecular flexibility index (Phi) is 4.08. The predicted octanol–water partition coefficient (Wildman–Crippen LogP) is 3.63. The summed E-state index contributed by atoms with van der Waals surface area (Å²) in [5, 5.41) is 4.15. The summed E-state index contributed by atoms with van der Waals surface area (Å²) in [7, 11) is 0. The number of nitrogens with one attached hydrogen (secondary N) is 1. The van der Waals surface area contributed by atoms with Crippen molar-refractivity contribution in [3.8, 4) is 0 Å². The molecule has 1 N–H and O–H groups in total. The summed E-state index contributed by atoms with van der Waals surface area (Å²) in [4.78, 5) is 0. The Morgan fingerprint density at radius 2 is 2.31 bits per heavy atom. The van der Waals surface area contributed by atoms with Gasteiger partial charge in [0.25, 0.3) is 0 Å². The first-order valence-electron chi connectivity index (χ1n) is 5.87. The Morgan fingerprint density at radius 1 is 1.44 bits per heavy atom. The van der Waals surface area contributed by atoms with Crippen molar-refractivity contribution < 1.29 is 4.74 Å². The summed E-state index contributed by atoms with van der Waals surface area (Å²) >= 11 is 6.11. The van der Waals surface area contributed by atoms with E-state index in [1.165, 1.54) is 18.4 Å². The molecule has 2 nitrogen and oxygen atoms in total. The van der Waals surface area contributed by atoms with E-state index >= 15 is 0 Å². The number of ether oxygens (including phenoxy) is 1. The van der Waals surface area contributed by atoms with E-state index in [0.29, 0.717) is 6.10 Å². The van der Waals surface area contributed by atoms with Crippen LogP contribution in [0.15, 0.2) is 18.2 Å². The van der Waals surface area contributed by atoms with Crippen LogP contribution in [0.3, 0.4) is 0 Å². The van der Waals surface area contributed by atoms with Gasteiger partial charge in [0.15, 0.2) is 0 Å². The molecule has 1 aromatic carbocycles. The predicted molar refractivity (Wildman–Crippen MR) is 68.3 cm³/mol. The highest BCUT2D eigenvalue weighted by atomic mass is 35.5. The maximum atomic E-state index is 6.11. The molecule has 1 heterocycles. The first-order valence-corrected chi connectivity index (χ1v) is 6.25. The highest BCUT2D eigenvalue weighted by Crippen LogP contribution is 2.23. The lowest BCUT2D eigenvalue weighted by atomic mass is 10.1. The van der Waals surface area contributed by atoms with Crippen LogP contribution < -0.4 is 5.32 Å². The highest BCUT2D eigenvalue weighted by molar-refractivity contribution is 6.33. The molecule has 1 saturated heterocycles. The molecule has 0 radical (unpaired) electrons. The zero-order chi connectivity index (χ0) is 11.4. The molecule has 88 valence electrons. The van der Waals surface area contributed by atoms with Crippen LogP contribution in [-0.4, -0.2) is 19.3 Å². The Morgan fingerprint density at radius 3 is 3.06 bits per heavy atom. The van der Waals surface area contributed by atoms with Gasteiger partial charge in [-0.05, 0) is 43.9 Å². The molecule has 16 heavy (non-hydrogen) atoms. The average Bonchev–Trinajstić information content (AvgIpc) is 2.32. The van der Waals surface area contributed by atoms with Crippen LogP contribution in [0.2, 0.25) is 5.02 Å². The summed E-state index contributed by atoms with van der Waals surface area (Å²) in [6.45, 7) is 3.82. The van der Waals surface area contributed by atoms with Crippen LogP contribution in [0.5, 0.6) is 0 Å². The van der Waals surface area contributed by atoms with Gasteiger partial charge < -0.3 is 10.1 Å². The summed E-state index contributed by atoms with van der Waals surface area (Å²) in [5.41, 5.74) is 2.23. The van der Waals surface area contributed by atoms with E-state index in [4.69, 9.17) is 16.3 Å². The molecule has 1 atom stereocenters. The maximum Gasteiger partial charge on any atom is 0.0747 e. The van der Waals surface area contributed by atoms with E-state index in [0.717, 1.165) is 30.3 Å². The van der Waals surface area contributed by atoms with Gasteiger partial charge >= 0.3 is 0 Å². The molecule has 1 fully saturated rings. The fraction of sp³-hybridized carbons (Fsp3) is 0.538. The molecule has 1 aliphatic rings. The van der Waals surface area contributed by atoms with E-state index in [-0.39, 0.29) is 0 Å². The largest absolute Gasteiger partial charge is 0.381 e. The van der Waals surface area contributed by atoms with Crippen LogP contribution in [0, 0.1) is 6.92 Å². The number of hydrogen-bond acceptors (Lipinski definition) is 2. The second-order valence-corrected chi connectivity index (χ2v) is 4.76. The van der Waals surface area contributed by atoms with Gasteiger partial charge in [0.2, 0.25) is 0 Å². The Bertz CT molecular complexity index is 348. The zero-order valence-corrected chi connectivity index (χ0v) is 10.4. The molecular formula is C13H18ClNO. The lowest BCUT2D eigenvalue weighted by molar-refractivity contribution is 0.0247. The monoisotopic (exact) mass is 239 g/mol. The van der Waals surface area contributed by atoms with Crippen molar-refractivity contribution in [2.24, 2.45) is 0 Å². The number of aryl methyl sites for hydroxylation is 1. The molecule has 0 saturated carbocycles. The van der Waals surface area contributed by atoms with Crippen molar-refractivity contribution in [3.05, 3.63) is 28.8 Å². The molecule has 0 aliphatic carbocycles. The zero-order valence-electron chi connectivity index (χ0n) is 9.63. The van der Waals surface area contributed by atoms with E-state index in [1.807, 2.05) is 12.1 Å². The van der Waals surface area contributed by atoms with Crippen molar-refractivity contribution in [1.29, 1.82) is 0 Å². The number of anilines is 1. The molecule has 0 amide bonds. The summed E-state index contributed by atoms with van der Waals surface area (Å²) < 4.78 is 5.66. The fourth-order valence-corrected chi connectivity index (χ4v) is 2.15. The molecule has 0 aromatic heterocycles. The third-order valence-corrected chi connectivity index (χ3v) is 3.25. The molecule has 0 bridgehead atoms. The van der Waals surface area contributed by atoms with E-state index in [9.17, 15) is 0 Å². The standard InChI is InChI=1S/C13H18ClNO/c1-10-5-6-12(14)13(8-10)15-9-11-4-2-3-7-16-11/h5-6,8,11,15H,2-4,7,9H2,1H3. The van der Waals surface area contributed by atoms with Crippen molar-refractivity contribution >= 4 is 17.3 Å². The maximum absolute atomic E-state index is 6.11. The van der Waals surface area contributed by atoms with Gasteiger partial charge in [-0.2, -0.15) is 0 Å². The fourth-order valence-electron chi connectivity index (χ4n) is 1.97. The topological polar surface area (TPSA) is 21.3 Å². The summed E-state index contributed by atoms with van der Waals surface area (Å²) in [5.74, 6) is 0. The smallest absolute Gasteiger partial charge is 0.0747 e. The van der Waals surface area contributed by atoms with Gasteiger partial charge in [0.1, 0.15) is 0 Å². The summed E-state index contributed by atoms with van der Waals surface area (Å²) in [6, 6.07) is 6.02. The van der Waals surface area contributed by atoms with Gasteiger partial charge in [-0.25, -0.2) is 0 Å². The van der Waals surface area contributed by atoms with Crippen molar-refractivity contribution in [1.82, 2.24) is 0 Å². The number of halogens is 1. The van der Waals surface area contributed by atoms with Crippen LogP contribution >= 0.6 is 11.6 Å². The molecule has 2 rings (SSSR count). The molecule has 3 heteroatoms. The minimum Gasteiger partial charge on any atom is -0.381 e. The van der Waals surface area contributed by atoms with E-state index < -0.39 is 0 Å².